The van der Waals surface area contributed by atoms with Crippen molar-refractivity contribution in [2.45, 2.75) is 39.3 Å². The summed E-state index contributed by atoms with van der Waals surface area (Å²) in [6.45, 7) is 9.56. The van der Waals surface area contributed by atoms with Gasteiger partial charge in [0.15, 0.2) is 0 Å². The third kappa shape index (κ3) is 1.96. The molecule has 2 heteroatoms. The van der Waals surface area contributed by atoms with E-state index in [0.29, 0.717) is 5.92 Å². The average Bonchev–Trinajstić information content (AvgIpc) is 2.89. The molecule has 1 aromatic heterocycles. The first-order valence-electron chi connectivity index (χ1n) is 5.98. The minimum absolute atomic E-state index is 0.652. The van der Waals surface area contributed by atoms with Gasteiger partial charge < -0.3 is 0 Å². The second kappa shape index (κ2) is 4.34. The lowest BCUT2D eigenvalue weighted by molar-refractivity contribution is 0.877. The van der Waals surface area contributed by atoms with E-state index in [1.165, 1.54) is 0 Å². The molecule has 2 rings (SSSR count). The fraction of sp³-hybridized carbons (Fsp3) is 0.429. The van der Waals surface area contributed by atoms with E-state index < -0.39 is 8.07 Å². The Morgan fingerprint density at radius 1 is 1.31 bits per heavy atom. The van der Waals surface area contributed by atoms with Gasteiger partial charge in [-0.3, -0.25) is 0 Å². The van der Waals surface area contributed by atoms with Crippen molar-refractivity contribution < 1.29 is 0 Å². The van der Waals surface area contributed by atoms with Crippen molar-refractivity contribution >= 4 is 23.9 Å². The monoisotopic (exact) mass is 248 g/mol. The summed E-state index contributed by atoms with van der Waals surface area (Å²) in [6.07, 6.45) is 8.17. The van der Waals surface area contributed by atoms with Gasteiger partial charge >= 0.3 is 0 Å². The van der Waals surface area contributed by atoms with Crippen LogP contribution in [0.25, 0.3) is 0 Å². The second-order valence-electron chi connectivity index (χ2n) is 5.28. The second-order valence-corrected chi connectivity index (χ2v) is 10.9. The Morgan fingerprint density at radius 2 is 2.06 bits per heavy atom. The zero-order valence-electron chi connectivity index (χ0n) is 10.6. The van der Waals surface area contributed by atoms with Crippen molar-refractivity contribution in [2.24, 2.45) is 0 Å². The topological polar surface area (TPSA) is 0 Å². The van der Waals surface area contributed by atoms with Crippen molar-refractivity contribution in [3.05, 3.63) is 40.4 Å². The summed E-state index contributed by atoms with van der Waals surface area (Å²) in [5, 5.41) is 3.87. The molecule has 0 fully saturated rings. The van der Waals surface area contributed by atoms with Crippen LogP contribution in [0.2, 0.25) is 13.1 Å². The Kier molecular flexibility index (Phi) is 3.22. The lowest BCUT2D eigenvalue weighted by Gasteiger charge is -2.24. The molecule has 0 aliphatic heterocycles. The molecule has 1 heterocycles. The highest BCUT2D eigenvalue weighted by Gasteiger charge is 2.31. The van der Waals surface area contributed by atoms with Crippen molar-refractivity contribution in [3.63, 3.8) is 0 Å². The fourth-order valence-corrected chi connectivity index (χ4v) is 7.38. The van der Waals surface area contributed by atoms with Crippen LogP contribution in [-0.2, 0) is 0 Å². The molecule has 0 saturated carbocycles. The zero-order valence-corrected chi connectivity index (χ0v) is 12.4. The van der Waals surface area contributed by atoms with Crippen LogP contribution in [-0.4, -0.2) is 8.07 Å². The van der Waals surface area contributed by atoms with Gasteiger partial charge in [0, 0.05) is 0 Å². The summed E-state index contributed by atoms with van der Waals surface area (Å²) in [7, 11) is -1.41. The molecule has 1 aliphatic rings. The van der Waals surface area contributed by atoms with Gasteiger partial charge in [-0.15, -0.1) is 0 Å². The minimum Gasteiger partial charge on any atom is -0.153 e. The fourth-order valence-electron chi connectivity index (χ4n) is 2.33. The molecule has 0 nitrogen and oxygen atoms in total. The van der Waals surface area contributed by atoms with E-state index in [9.17, 15) is 0 Å². The first-order chi connectivity index (χ1) is 7.53. The van der Waals surface area contributed by atoms with Crippen LogP contribution in [0, 0.1) is 0 Å². The Hall–Kier alpha value is -0.603. The van der Waals surface area contributed by atoms with Crippen LogP contribution in [0.1, 0.15) is 31.7 Å². The maximum Gasteiger partial charge on any atom is 0.124 e. The Morgan fingerprint density at radius 3 is 2.62 bits per heavy atom. The van der Waals surface area contributed by atoms with Crippen molar-refractivity contribution in [1.29, 1.82) is 0 Å². The summed E-state index contributed by atoms with van der Waals surface area (Å²) in [4.78, 5) is 0. The summed E-state index contributed by atoms with van der Waals surface area (Å²) < 4.78 is 1.67. The minimum atomic E-state index is -1.41. The van der Waals surface area contributed by atoms with Crippen molar-refractivity contribution in [2.75, 3.05) is 0 Å². The Balaban J connectivity index is 2.42. The van der Waals surface area contributed by atoms with E-state index in [4.69, 9.17) is 0 Å². The number of hydrogen-bond donors (Lipinski definition) is 0. The standard InChI is InChI=1S/C14H20SSi/c1-11(2)13-9-10-15-14(13)16(3,4)12-7-5-6-8-12/h5,7-11H,6H2,1-4H3. The van der Waals surface area contributed by atoms with Gasteiger partial charge in [-0.05, 0) is 33.8 Å². The van der Waals surface area contributed by atoms with Crippen LogP contribution < -0.4 is 4.50 Å². The highest BCUT2D eigenvalue weighted by molar-refractivity contribution is 7.27. The van der Waals surface area contributed by atoms with E-state index >= 15 is 0 Å². The van der Waals surface area contributed by atoms with Crippen LogP contribution in [0.4, 0.5) is 0 Å². The molecular formula is C14H20SSi. The third-order valence-electron chi connectivity index (χ3n) is 3.38. The number of hydrogen-bond acceptors (Lipinski definition) is 1. The molecule has 0 amide bonds. The third-order valence-corrected chi connectivity index (χ3v) is 9.24. The smallest absolute Gasteiger partial charge is 0.124 e. The Bertz CT molecular complexity index is 435. The molecule has 0 spiro atoms. The SMILES string of the molecule is CC(C)c1ccsc1[Si](C)(C)C1=CCC=C1. The average molecular weight is 248 g/mol. The normalized spacial score (nSPS) is 15.9. The number of rotatable bonds is 3. The highest BCUT2D eigenvalue weighted by Crippen LogP contribution is 2.27. The molecule has 0 saturated heterocycles. The predicted octanol–water partition coefficient (Wildman–Crippen LogP) is 4.21. The van der Waals surface area contributed by atoms with Gasteiger partial charge in [-0.25, -0.2) is 0 Å². The van der Waals surface area contributed by atoms with Crippen molar-refractivity contribution in [1.82, 2.24) is 0 Å². The van der Waals surface area contributed by atoms with E-state index in [2.05, 4.69) is 56.6 Å². The molecule has 0 unspecified atom stereocenters. The first kappa shape index (κ1) is 11.9. The van der Waals surface area contributed by atoms with Crippen molar-refractivity contribution in [3.8, 4) is 0 Å². The van der Waals surface area contributed by atoms with E-state index in [0.717, 1.165) is 6.42 Å². The van der Waals surface area contributed by atoms with Crippen LogP contribution >= 0.6 is 11.3 Å². The van der Waals surface area contributed by atoms with Gasteiger partial charge in [0.2, 0.25) is 0 Å². The van der Waals surface area contributed by atoms with Crippen LogP contribution in [0.3, 0.4) is 0 Å². The van der Waals surface area contributed by atoms with Gasteiger partial charge in [-0.1, -0.05) is 50.4 Å². The molecule has 0 N–H and O–H groups in total. The summed E-state index contributed by atoms with van der Waals surface area (Å²) >= 11 is 1.96. The van der Waals surface area contributed by atoms with E-state index in [1.54, 1.807) is 15.3 Å². The van der Waals surface area contributed by atoms with Crippen LogP contribution in [0.15, 0.2) is 34.9 Å². The van der Waals surface area contributed by atoms with E-state index in [1.807, 2.05) is 11.3 Å². The maximum absolute atomic E-state index is 2.48. The molecule has 0 aromatic carbocycles. The quantitative estimate of drug-likeness (QED) is 0.703. The largest absolute Gasteiger partial charge is 0.153 e. The first-order valence-corrected chi connectivity index (χ1v) is 9.86. The van der Waals surface area contributed by atoms with Gasteiger partial charge in [-0.2, -0.15) is 11.3 Å². The molecule has 16 heavy (non-hydrogen) atoms. The summed E-state index contributed by atoms with van der Waals surface area (Å²) in [5.74, 6) is 0.652. The lowest BCUT2D eigenvalue weighted by atomic mass is 10.1. The van der Waals surface area contributed by atoms with E-state index in [-0.39, 0.29) is 0 Å². The molecular weight excluding hydrogens is 228 g/mol. The Labute approximate surface area is 104 Å². The van der Waals surface area contributed by atoms with Gasteiger partial charge in [0.05, 0.1) is 0 Å². The number of allylic oxidation sites excluding steroid dienone is 4. The molecule has 86 valence electrons. The number of thiophene rings is 1. The zero-order chi connectivity index (χ0) is 11.8. The molecule has 0 radical (unpaired) electrons. The molecule has 0 atom stereocenters. The summed E-state index contributed by atoms with van der Waals surface area (Å²) in [5.41, 5.74) is 1.57. The van der Waals surface area contributed by atoms with Gasteiger partial charge in [0.25, 0.3) is 0 Å². The molecule has 1 aliphatic carbocycles. The molecule has 1 aromatic rings. The lowest BCUT2D eigenvalue weighted by Crippen LogP contribution is -2.43. The maximum atomic E-state index is 2.48. The summed E-state index contributed by atoms with van der Waals surface area (Å²) in [6, 6.07) is 2.32. The highest BCUT2D eigenvalue weighted by atomic mass is 32.1. The van der Waals surface area contributed by atoms with Crippen LogP contribution in [0.5, 0.6) is 0 Å². The predicted molar refractivity (Wildman–Crippen MR) is 77.4 cm³/mol. The molecule has 0 bridgehead atoms. The van der Waals surface area contributed by atoms with Gasteiger partial charge in [0.1, 0.15) is 8.07 Å².